The van der Waals surface area contributed by atoms with Crippen molar-refractivity contribution in [1.29, 1.82) is 0 Å². The van der Waals surface area contributed by atoms with Crippen LogP contribution in [0.5, 0.6) is 0 Å². The molecule has 0 aliphatic carbocycles. The fourth-order valence-electron chi connectivity index (χ4n) is 2.96. The molecule has 4 nitrogen and oxygen atoms in total. The lowest BCUT2D eigenvalue weighted by atomic mass is 9.98. The first-order valence-corrected chi connectivity index (χ1v) is 7.86. The highest BCUT2D eigenvalue weighted by atomic mass is 79.9. The topological polar surface area (TPSA) is 41.6 Å². The number of ether oxygens (including phenoxy) is 1. The number of nitrogens with zero attached hydrogens (tertiary/aromatic N) is 1. The van der Waals surface area contributed by atoms with Gasteiger partial charge in [-0.25, -0.2) is 0 Å². The standard InChI is InChI=1S/C15H19BrN2O2/c1-10-14(17-6-8-20-10)15(19)18-7-5-12-11(9-18)3-2-4-13(12)16/h2-4,10,14,17H,5-9H2,1H3/t10-,14+/m1/s1. The van der Waals surface area contributed by atoms with Gasteiger partial charge in [-0.15, -0.1) is 0 Å². The zero-order valence-electron chi connectivity index (χ0n) is 11.6. The second-order valence-corrected chi connectivity index (χ2v) is 6.25. The van der Waals surface area contributed by atoms with Crippen LogP contribution in [0.15, 0.2) is 22.7 Å². The number of halogens is 1. The van der Waals surface area contributed by atoms with Crippen LogP contribution in [0.3, 0.4) is 0 Å². The third kappa shape index (κ3) is 2.62. The number of hydrogen-bond acceptors (Lipinski definition) is 3. The summed E-state index contributed by atoms with van der Waals surface area (Å²) in [6.45, 7) is 4.86. The van der Waals surface area contributed by atoms with Crippen molar-refractivity contribution in [2.45, 2.75) is 32.0 Å². The maximum absolute atomic E-state index is 12.6. The highest BCUT2D eigenvalue weighted by molar-refractivity contribution is 9.10. The lowest BCUT2D eigenvalue weighted by Gasteiger charge is -2.36. The van der Waals surface area contributed by atoms with Crippen LogP contribution in [-0.2, 0) is 22.5 Å². The molecule has 5 heteroatoms. The molecule has 0 aromatic heterocycles. The van der Waals surface area contributed by atoms with Crippen molar-refractivity contribution in [2.75, 3.05) is 19.7 Å². The molecule has 0 unspecified atom stereocenters. The minimum atomic E-state index is -0.211. The van der Waals surface area contributed by atoms with Crippen LogP contribution in [0.2, 0.25) is 0 Å². The molecule has 108 valence electrons. The van der Waals surface area contributed by atoms with Crippen molar-refractivity contribution in [3.8, 4) is 0 Å². The minimum absolute atomic E-state index is 0.0554. The Morgan fingerprint density at radius 2 is 2.35 bits per heavy atom. The molecule has 20 heavy (non-hydrogen) atoms. The predicted molar refractivity (Wildman–Crippen MR) is 80.5 cm³/mol. The summed E-state index contributed by atoms with van der Waals surface area (Å²) in [4.78, 5) is 14.6. The molecule has 0 radical (unpaired) electrons. The number of nitrogens with one attached hydrogen (secondary N) is 1. The molecule has 2 heterocycles. The Hall–Kier alpha value is -0.910. The van der Waals surface area contributed by atoms with Gasteiger partial charge in [0, 0.05) is 24.1 Å². The minimum Gasteiger partial charge on any atom is -0.375 e. The van der Waals surface area contributed by atoms with E-state index in [0.717, 1.165) is 24.0 Å². The molecule has 0 bridgehead atoms. The zero-order chi connectivity index (χ0) is 14.1. The summed E-state index contributed by atoms with van der Waals surface area (Å²) >= 11 is 3.59. The van der Waals surface area contributed by atoms with Gasteiger partial charge in [-0.2, -0.15) is 0 Å². The zero-order valence-corrected chi connectivity index (χ0v) is 13.1. The lowest BCUT2D eigenvalue weighted by molar-refractivity contribution is -0.140. The van der Waals surface area contributed by atoms with Gasteiger partial charge in [-0.1, -0.05) is 28.1 Å². The van der Waals surface area contributed by atoms with Gasteiger partial charge in [0.1, 0.15) is 6.04 Å². The van der Waals surface area contributed by atoms with Gasteiger partial charge in [0.05, 0.1) is 12.7 Å². The van der Waals surface area contributed by atoms with Crippen LogP contribution >= 0.6 is 15.9 Å². The van der Waals surface area contributed by atoms with Crippen molar-refractivity contribution in [1.82, 2.24) is 10.2 Å². The van der Waals surface area contributed by atoms with E-state index in [1.807, 2.05) is 17.9 Å². The Labute approximate surface area is 127 Å². The van der Waals surface area contributed by atoms with Crippen molar-refractivity contribution < 1.29 is 9.53 Å². The van der Waals surface area contributed by atoms with Gasteiger partial charge >= 0.3 is 0 Å². The summed E-state index contributed by atoms with van der Waals surface area (Å²) in [5.41, 5.74) is 2.57. The van der Waals surface area contributed by atoms with E-state index in [1.54, 1.807) is 0 Å². The predicted octanol–water partition coefficient (Wildman–Crippen LogP) is 1.71. The molecular formula is C15H19BrN2O2. The quantitative estimate of drug-likeness (QED) is 0.847. The van der Waals surface area contributed by atoms with Gasteiger partial charge in [-0.05, 0) is 30.5 Å². The molecular weight excluding hydrogens is 320 g/mol. The maximum Gasteiger partial charge on any atom is 0.242 e. The molecule has 1 fully saturated rings. The SMILES string of the molecule is C[C@H]1OCCN[C@@H]1C(=O)N1CCc2c(Br)cccc2C1. The summed E-state index contributed by atoms with van der Waals surface area (Å²) in [5.74, 6) is 0.155. The Balaban J connectivity index is 1.75. The van der Waals surface area contributed by atoms with E-state index in [4.69, 9.17) is 4.74 Å². The van der Waals surface area contributed by atoms with E-state index in [-0.39, 0.29) is 18.1 Å². The van der Waals surface area contributed by atoms with Crippen molar-refractivity contribution in [2.24, 2.45) is 0 Å². The van der Waals surface area contributed by atoms with E-state index in [0.29, 0.717) is 13.2 Å². The number of hydrogen-bond donors (Lipinski definition) is 1. The third-order valence-electron chi connectivity index (χ3n) is 4.10. The van der Waals surface area contributed by atoms with E-state index < -0.39 is 0 Å². The Bertz CT molecular complexity index is 521. The number of fused-ring (bicyclic) bond motifs is 1. The highest BCUT2D eigenvalue weighted by Crippen LogP contribution is 2.26. The molecule has 2 aliphatic rings. The van der Waals surface area contributed by atoms with Gasteiger partial charge in [0.15, 0.2) is 0 Å². The fourth-order valence-corrected chi connectivity index (χ4v) is 3.56. The lowest BCUT2D eigenvalue weighted by Crippen LogP contribution is -2.57. The van der Waals surface area contributed by atoms with Crippen molar-refractivity contribution in [3.63, 3.8) is 0 Å². The number of morpholine rings is 1. The number of rotatable bonds is 1. The molecule has 1 aromatic carbocycles. The van der Waals surface area contributed by atoms with Crippen LogP contribution in [0.1, 0.15) is 18.1 Å². The van der Waals surface area contributed by atoms with E-state index >= 15 is 0 Å². The molecule has 1 amide bonds. The van der Waals surface area contributed by atoms with Gasteiger partial charge < -0.3 is 15.0 Å². The highest BCUT2D eigenvalue weighted by Gasteiger charge is 2.33. The second kappa shape index (κ2) is 5.84. The molecule has 1 saturated heterocycles. The first kappa shape index (κ1) is 14.0. The average Bonchev–Trinajstić information content (AvgIpc) is 2.47. The second-order valence-electron chi connectivity index (χ2n) is 5.40. The molecule has 1 N–H and O–H groups in total. The summed E-state index contributed by atoms with van der Waals surface area (Å²) in [5, 5.41) is 3.28. The summed E-state index contributed by atoms with van der Waals surface area (Å²) in [6, 6.07) is 5.99. The van der Waals surface area contributed by atoms with Crippen LogP contribution < -0.4 is 5.32 Å². The molecule has 3 rings (SSSR count). The number of amides is 1. The number of carbonyl (C=O) groups is 1. The van der Waals surface area contributed by atoms with Gasteiger partial charge in [0.2, 0.25) is 5.91 Å². The van der Waals surface area contributed by atoms with Crippen LogP contribution in [0.25, 0.3) is 0 Å². The maximum atomic E-state index is 12.6. The average molecular weight is 339 g/mol. The summed E-state index contributed by atoms with van der Waals surface area (Å²) < 4.78 is 6.72. The van der Waals surface area contributed by atoms with Crippen LogP contribution in [-0.4, -0.2) is 42.6 Å². The fraction of sp³-hybridized carbons (Fsp3) is 0.533. The molecule has 2 aliphatic heterocycles. The summed E-state index contributed by atoms with van der Waals surface area (Å²) in [7, 11) is 0. The first-order chi connectivity index (χ1) is 9.66. The number of carbonyl (C=O) groups excluding carboxylic acids is 1. The largest absolute Gasteiger partial charge is 0.375 e. The van der Waals surface area contributed by atoms with Crippen molar-refractivity contribution >= 4 is 21.8 Å². The molecule has 2 atom stereocenters. The van der Waals surface area contributed by atoms with Gasteiger partial charge in [-0.3, -0.25) is 4.79 Å². The van der Waals surface area contributed by atoms with Crippen molar-refractivity contribution in [3.05, 3.63) is 33.8 Å². The summed E-state index contributed by atoms with van der Waals surface area (Å²) in [6.07, 6.45) is 0.852. The van der Waals surface area contributed by atoms with Crippen LogP contribution in [0.4, 0.5) is 0 Å². The first-order valence-electron chi connectivity index (χ1n) is 7.07. The smallest absolute Gasteiger partial charge is 0.242 e. The van der Waals surface area contributed by atoms with E-state index in [1.165, 1.54) is 11.1 Å². The Morgan fingerprint density at radius 1 is 1.50 bits per heavy atom. The molecule has 0 spiro atoms. The third-order valence-corrected chi connectivity index (χ3v) is 4.85. The molecule has 1 aromatic rings. The van der Waals surface area contributed by atoms with Gasteiger partial charge in [0.25, 0.3) is 0 Å². The Morgan fingerprint density at radius 3 is 3.15 bits per heavy atom. The van der Waals surface area contributed by atoms with E-state index in [2.05, 4.69) is 33.4 Å². The van der Waals surface area contributed by atoms with E-state index in [9.17, 15) is 4.79 Å². The Kier molecular flexibility index (Phi) is 4.10. The number of benzene rings is 1. The van der Waals surface area contributed by atoms with Crippen LogP contribution in [0, 0.1) is 0 Å². The molecule has 0 saturated carbocycles. The monoisotopic (exact) mass is 338 g/mol. The normalized spacial score (nSPS) is 26.2.